The first-order valence-corrected chi connectivity index (χ1v) is 13.7. The smallest absolute Gasteiger partial charge is 0.335 e. The number of benzene rings is 2. The maximum absolute atomic E-state index is 14.1. The van der Waals surface area contributed by atoms with Gasteiger partial charge in [-0.1, -0.05) is 30.7 Å². The van der Waals surface area contributed by atoms with Crippen LogP contribution in [0.1, 0.15) is 46.7 Å². The molecule has 1 aliphatic rings. The summed E-state index contributed by atoms with van der Waals surface area (Å²) in [6.07, 6.45) is 0.922. The third-order valence-electron chi connectivity index (χ3n) is 7.46. The van der Waals surface area contributed by atoms with Crippen molar-refractivity contribution in [2.45, 2.75) is 39.0 Å². The minimum Gasteiger partial charge on any atom is -0.478 e. The molecule has 0 unspecified atom stereocenters. The van der Waals surface area contributed by atoms with E-state index in [-0.39, 0.29) is 18.1 Å². The van der Waals surface area contributed by atoms with Gasteiger partial charge in [-0.05, 0) is 55.3 Å². The number of aromatic carboxylic acids is 1. The first kappa shape index (κ1) is 28.0. The normalized spacial score (nSPS) is 17.8. The van der Waals surface area contributed by atoms with Gasteiger partial charge in [0.05, 0.1) is 29.7 Å². The lowest BCUT2D eigenvalue weighted by molar-refractivity contribution is 0.0697. The molecule has 3 heterocycles. The van der Waals surface area contributed by atoms with Crippen molar-refractivity contribution >= 4 is 28.6 Å². The molecule has 5 rings (SSSR count). The first-order chi connectivity index (χ1) is 19.3. The van der Waals surface area contributed by atoms with Gasteiger partial charge in [-0.3, -0.25) is 4.90 Å². The Morgan fingerprint density at radius 1 is 1.18 bits per heavy atom. The number of imidazole rings is 1. The molecule has 8 nitrogen and oxygen atoms in total. The lowest BCUT2D eigenvalue weighted by atomic mass is 9.84. The Hall–Kier alpha value is -3.53. The molecule has 1 N–H and O–H groups in total. The van der Waals surface area contributed by atoms with E-state index in [0.717, 1.165) is 42.1 Å². The number of nitrogens with zero attached hydrogens (tertiary/aromatic N) is 4. The highest BCUT2D eigenvalue weighted by atomic mass is 35.5. The second kappa shape index (κ2) is 12.3. The van der Waals surface area contributed by atoms with Crippen molar-refractivity contribution in [2.75, 3.05) is 26.8 Å². The molecule has 2 atom stereocenters. The van der Waals surface area contributed by atoms with Crippen molar-refractivity contribution in [2.24, 2.45) is 5.92 Å². The third-order valence-corrected chi connectivity index (χ3v) is 7.70. The van der Waals surface area contributed by atoms with Crippen LogP contribution >= 0.6 is 11.6 Å². The zero-order valence-corrected chi connectivity index (χ0v) is 23.3. The van der Waals surface area contributed by atoms with E-state index < -0.39 is 11.8 Å². The zero-order valence-electron chi connectivity index (χ0n) is 22.5. The quantitative estimate of drug-likeness (QED) is 0.260. The predicted molar refractivity (Wildman–Crippen MR) is 150 cm³/mol. The largest absolute Gasteiger partial charge is 0.478 e. The first-order valence-electron chi connectivity index (χ1n) is 13.3. The topological polar surface area (TPSA) is 89.7 Å². The Morgan fingerprint density at radius 2 is 2.02 bits per heavy atom. The fourth-order valence-electron chi connectivity index (χ4n) is 5.38. The van der Waals surface area contributed by atoms with E-state index in [1.54, 1.807) is 43.5 Å². The monoisotopic (exact) mass is 566 g/mol. The number of likely N-dealkylation sites (tertiary alicyclic amines) is 1. The SMILES string of the molecule is COCCn1c(CN2CC[C@@H](c3cccc(OCc4ccc(Cl)cc4F)n3)[C@H](C)C2)nc2ccc(C(=O)O)cc21. The maximum atomic E-state index is 14.1. The summed E-state index contributed by atoms with van der Waals surface area (Å²) in [6.45, 7) is 5.78. The molecule has 4 aromatic rings. The van der Waals surface area contributed by atoms with Crippen LogP contribution in [0.2, 0.25) is 5.02 Å². The molecule has 0 spiro atoms. The Labute approximate surface area is 237 Å². The van der Waals surface area contributed by atoms with Gasteiger partial charge < -0.3 is 19.1 Å². The molecule has 1 fully saturated rings. The van der Waals surface area contributed by atoms with E-state index in [0.29, 0.717) is 42.1 Å². The average Bonchev–Trinajstić information content (AvgIpc) is 3.27. The zero-order chi connectivity index (χ0) is 28.2. The summed E-state index contributed by atoms with van der Waals surface area (Å²) in [5, 5.41) is 9.80. The van der Waals surface area contributed by atoms with Gasteiger partial charge in [0.2, 0.25) is 5.88 Å². The van der Waals surface area contributed by atoms with Gasteiger partial charge in [0.25, 0.3) is 0 Å². The van der Waals surface area contributed by atoms with Crippen molar-refractivity contribution in [3.05, 3.63) is 88.1 Å². The van der Waals surface area contributed by atoms with Gasteiger partial charge in [-0.15, -0.1) is 0 Å². The number of rotatable bonds is 10. The van der Waals surface area contributed by atoms with Crippen molar-refractivity contribution in [3.63, 3.8) is 0 Å². The van der Waals surface area contributed by atoms with Crippen LogP contribution in [0.25, 0.3) is 11.0 Å². The van der Waals surface area contributed by atoms with Gasteiger partial charge >= 0.3 is 5.97 Å². The molecule has 0 amide bonds. The van der Waals surface area contributed by atoms with Crippen molar-refractivity contribution in [1.29, 1.82) is 0 Å². The van der Waals surface area contributed by atoms with E-state index in [2.05, 4.69) is 16.4 Å². The minimum absolute atomic E-state index is 0.0749. The molecule has 210 valence electrons. The minimum atomic E-state index is -0.959. The highest BCUT2D eigenvalue weighted by Crippen LogP contribution is 2.33. The number of piperidine rings is 1. The van der Waals surface area contributed by atoms with E-state index in [9.17, 15) is 14.3 Å². The molecule has 1 aliphatic heterocycles. The van der Waals surface area contributed by atoms with Crippen LogP contribution < -0.4 is 4.74 Å². The van der Waals surface area contributed by atoms with Crippen LogP contribution in [0.15, 0.2) is 54.6 Å². The molecule has 0 aliphatic carbocycles. The van der Waals surface area contributed by atoms with Crippen LogP contribution in [0.4, 0.5) is 4.39 Å². The number of ether oxygens (including phenoxy) is 2. The molecule has 2 aromatic carbocycles. The van der Waals surface area contributed by atoms with Crippen LogP contribution in [0, 0.1) is 11.7 Å². The van der Waals surface area contributed by atoms with Gasteiger partial charge in [-0.2, -0.15) is 0 Å². The number of hydrogen-bond acceptors (Lipinski definition) is 6. The standard InChI is InChI=1S/C30H32ClFN4O4/c1-19-16-35(17-28-33-26-9-7-20(30(37)38)14-27(26)36(28)12-13-39-2)11-10-23(19)25-4-3-5-29(34-25)40-18-21-6-8-22(31)15-24(21)32/h3-9,14-15,19,23H,10-13,16-18H2,1-2H3,(H,37,38)/t19-,23-/m1/s1. The van der Waals surface area contributed by atoms with Crippen molar-refractivity contribution in [1.82, 2.24) is 19.4 Å². The van der Waals surface area contributed by atoms with E-state index in [4.69, 9.17) is 31.0 Å². The number of methoxy groups -OCH3 is 1. The Balaban J connectivity index is 1.26. The second-order valence-electron chi connectivity index (χ2n) is 10.2. The van der Waals surface area contributed by atoms with Crippen molar-refractivity contribution in [3.8, 4) is 5.88 Å². The van der Waals surface area contributed by atoms with Gasteiger partial charge in [0, 0.05) is 48.5 Å². The number of fused-ring (bicyclic) bond motifs is 1. The Kier molecular flexibility index (Phi) is 8.63. The summed E-state index contributed by atoms with van der Waals surface area (Å²) < 4.78 is 27.3. The number of halogens is 2. The summed E-state index contributed by atoms with van der Waals surface area (Å²) in [4.78, 5) is 23.5. The lowest BCUT2D eigenvalue weighted by Crippen LogP contribution is -2.38. The third kappa shape index (κ3) is 6.27. The predicted octanol–water partition coefficient (Wildman–Crippen LogP) is 5.77. The molecule has 0 radical (unpaired) electrons. The highest BCUT2D eigenvalue weighted by molar-refractivity contribution is 6.30. The van der Waals surface area contributed by atoms with Crippen LogP contribution in [0.5, 0.6) is 5.88 Å². The summed E-state index contributed by atoms with van der Waals surface area (Å²) in [5.41, 5.74) is 3.21. The fraction of sp³-hybridized carbons (Fsp3) is 0.367. The number of carboxylic acids is 1. The molecular formula is C30H32ClFN4O4. The lowest BCUT2D eigenvalue weighted by Gasteiger charge is -2.36. The van der Waals surface area contributed by atoms with E-state index in [1.165, 1.54) is 6.07 Å². The molecule has 0 bridgehead atoms. The number of pyridine rings is 1. The van der Waals surface area contributed by atoms with Crippen molar-refractivity contribution < 1.29 is 23.8 Å². The molecular weight excluding hydrogens is 535 g/mol. The highest BCUT2D eigenvalue weighted by Gasteiger charge is 2.29. The summed E-state index contributed by atoms with van der Waals surface area (Å²) in [5.74, 6) is 0.595. The molecule has 0 saturated carbocycles. The van der Waals surface area contributed by atoms with Crippen LogP contribution in [-0.4, -0.2) is 57.3 Å². The van der Waals surface area contributed by atoms with Crippen LogP contribution in [-0.2, 0) is 24.4 Å². The number of carbonyl (C=O) groups is 1. The average molecular weight is 567 g/mol. The van der Waals surface area contributed by atoms with Crippen LogP contribution in [0.3, 0.4) is 0 Å². The fourth-order valence-corrected chi connectivity index (χ4v) is 5.54. The molecule has 1 saturated heterocycles. The van der Waals surface area contributed by atoms with Gasteiger partial charge in [-0.25, -0.2) is 19.2 Å². The number of hydrogen-bond donors (Lipinski definition) is 1. The molecule has 10 heteroatoms. The Morgan fingerprint density at radius 3 is 2.77 bits per heavy atom. The molecule has 2 aromatic heterocycles. The van der Waals surface area contributed by atoms with E-state index in [1.807, 2.05) is 12.1 Å². The summed E-state index contributed by atoms with van der Waals surface area (Å²) >= 11 is 5.85. The maximum Gasteiger partial charge on any atom is 0.335 e. The number of aromatic nitrogens is 3. The number of carboxylic acid groups (broad SMARTS) is 1. The Bertz CT molecular complexity index is 1510. The summed E-state index contributed by atoms with van der Waals surface area (Å²) in [6, 6.07) is 15.3. The van der Waals surface area contributed by atoms with E-state index >= 15 is 0 Å². The second-order valence-corrected chi connectivity index (χ2v) is 10.7. The molecule has 40 heavy (non-hydrogen) atoms. The summed E-state index contributed by atoms with van der Waals surface area (Å²) in [7, 11) is 1.65. The van der Waals surface area contributed by atoms with Gasteiger partial charge in [0.1, 0.15) is 18.2 Å². The van der Waals surface area contributed by atoms with Gasteiger partial charge in [0.15, 0.2) is 0 Å².